The summed E-state index contributed by atoms with van der Waals surface area (Å²) < 4.78 is 27.3. The van der Waals surface area contributed by atoms with Crippen molar-refractivity contribution in [3.8, 4) is 0 Å². The summed E-state index contributed by atoms with van der Waals surface area (Å²) in [5, 5.41) is 2.94. The molecule has 8 nitrogen and oxygen atoms in total. The molecule has 1 saturated heterocycles. The van der Waals surface area contributed by atoms with Crippen LogP contribution in [0.4, 0.5) is 14.9 Å². The van der Waals surface area contributed by atoms with Crippen molar-refractivity contribution in [2.75, 3.05) is 24.6 Å². The van der Waals surface area contributed by atoms with E-state index in [1.54, 1.807) is 40.7 Å². The van der Waals surface area contributed by atoms with Gasteiger partial charge >= 0.3 is 12.1 Å². The zero-order chi connectivity index (χ0) is 25.7. The Hall–Kier alpha value is -3.10. The molecule has 0 aromatic carbocycles. The molecule has 190 valence electrons. The maximum atomic E-state index is 15.5. The lowest BCUT2D eigenvalue weighted by molar-refractivity contribution is 0.0471. The second-order valence-corrected chi connectivity index (χ2v) is 10.8. The number of pyridine rings is 2. The first-order valence-electron chi connectivity index (χ1n) is 12.1. The van der Waals surface area contributed by atoms with Crippen molar-refractivity contribution in [2.24, 2.45) is 0 Å². The normalized spacial score (nSPS) is 20.3. The van der Waals surface area contributed by atoms with Gasteiger partial charge in [-0.25, -0.2) is 14.0 Å². The van der Waals surface area contributed by atoms with Crippen LogP contribution < -0.4 is 15.8 Å². The highest BCUT2D eigenvalue weighted by Gasteiger charge is 2.39. The number of rotatable bonds is 5. The summed E-state index contributed by atoms with van der Waals surface area (Å²) in [7, 11) is 0. The zero-order valence-electron chi connectivity index (χ0n) is 21.3. The van der Waals surface area contributed by atoms with Crippen molar-refractivity contribution in [1.82, 2.24) is 9.72 Å². The van der Waals surface area contributed by atoms with Gasteiger partial charge in [-0.2, -0.15) is 0 Å². The minimum Gasteiger partial charge on any atom is -0.462 e. The van der Waals surface area contributed by atoms with E-state index in [9.17, 15) is 14.4 Å². The molecule has 1 aliphatic heterocycles. The maximum Gasteiger partial charge on any atom is 0.408 e. The number of anilines is 1. The van der Waals surface area contributed by atoms with E-state index in [0.29, 0.717) is 36.3 Å². The lowest BCUT2D eigenvalue weighted by Gasteiger charge is -2.29. The Balaban J connectivity index is 1.73. The molecule has 0 bridgehead atoms. The molecule has 9 heteroatoms. The van der Waals surface area contributed by atoms with Gasteiger partial charge in [0.1, 0.15) is 11.2 Å². The third-order valence-electron chi connectivity index (χ3n) is 6.55. The highest BCUT2D eigenvalue weighted by molar-refractivity contribution is 5.90. The molecule has 2 aromatic rings. The van der Waals surface area contributed by atoms with Gasteiger partial charge in [-0.05, 0) is 83.9 Å². The van der Waals surface area contributed by atoms with Crippen LogP contribution in [0, 0.1) is 12.7 Å². The molecule has 1 N–H and O–H groups in total. The molecular weight excluding hydrogens is 453 g/mol. The molecule has 1 saturated carbocycles. The molecule has 35 heavy (non-hydrogen) atoms. The fourth-order valence-corrected chi connectivity index (χ4v) is 4.89. The van der Waals surface area contributed by atoms with Crippen LogP contribution in [-0.4, -0.2) is 47.3 Å². The van der Waals surface area contributed by atoms with Crippen molar-refractivity contribution in [2.45, 2.75) is 77.9 Å². The Morgan fingerprint density at radius 1 is 1.29 bits per heavy atom. The summed E-state index contributed by atoms with van der Waals surface area (Å²) in [5.41, 5.74) is 0.665. The largest absolute Gasteiger partial charge is 0.462 e. The van der Waals surface area contributed by atoms with E-state index in [1.807, 2.05) is 11.8 Å². The van der Waals surface area contributed by atoms with Gasteiger partial charge in [0.05, 0.1) is 29.5 Å². The van der Waals surface area contributed by atoms with Gasteiger partial charge < -0.3 is 19.7 Å². The average Bonchev–Trinajstić information content (AvgIpc) is 3.50. The van der Waals surface area contributed by atoms with Crippen LogP contribution in [0.5, 0.6) is 0 Å². The second kappa shape index (κ2) is 8.84. The van der Waals surface area contributed by atoms with E-state index in [2.05, 4.69) is 5.32 Å². The first-order valence-corrected chi connectivity index (χ1v) is 12.1. The minimum absolute atomic E-state index is 0.0758. The van der Waals surface area contributed by atoms with Crippen LogP contribution in [0.2, 0.25) is 0 Å². The van der Waals surface area contributed by atoms with Crippen molar-refractivity contribution in [3.63, 3.8) is 0 Å². The number of carbonyl (C=O) groups excluding carboxylic acids is 2. The molecule has 3 heterocycles. The number of fused-ring (bicyclic) bond motifs is 1. The maximum absolute atomic E-state index is 15.5. The summed E-state index contributed by atoms with van der Waals surface area (Å²) in [4.78, 5) is 39.8. The lowest BCUT2D eigenvalue weighted by atomic mass is 10.0. The van der Waals surface area contributed by atoms with Crippen LogP contribution in [0.1, 0.15) is 81.3 Å². The Bertz CT molecular complexity index is 1240. The third kappa shape index (κ3) is 4.99. The van der Waals surface area contributed by atoms with Gasteiger partial charge in [-0.15, -0.1) is 0 Å². The third-order valence-corrected chi connectivity index (χ3v) is 6.55. The number of hydrogen-bond donors (Lipinski definition) is 1. The topological polar surface area (TPSA) is 89.3 Å². The quantitative estimate of drug-likeness (QED) is 0.633. The first kappa shape index (κ1) is 25.0. The smallest absolute Gasteiger partial charge is 0.408 e. The van der Waals surface area contributed by atoms with Crippen molar-refractivity contribution >= 4 is 23.3 Å². The highest BCUT2D eigenvalue weighted by Crippen LogP contribution is 2.44. The number of alkyl carbamates (subject to hydrolysis) is 1. The molecule has 0 radical (unpaired) electrons. The molecule has 0 spiro atoms. The number of amides is 1. The van der Waals surface area contributed by atoms with Crippen molar-refractivity contribution in [1.29, 1.82) is 0 Å². The molecule has 1 unspecified atom stereocenters. The van der Waals surface area contributed by atoms with Gasteiger partial charge in [0.2, 0.25) is 0 Å². The molecule has 2 aromatic heterocycles. The minimum atomic E-state index is -0.695. The highest BCUT2D eigenvalue weighted by atomic mass is 19.1. The van der Waals surface area contributed by atoms with E-state index in [1.165, 1.54) is 10.6 Å². The molecule has 1 atom stereocenters. The van der Waals surface area contributed by atoms with E-state index < -0.39 is 34.6 Å². The van der Waals surface area contributed by atoms with Crippen LogP contribution in [0.15, 0.2) is 17.1 Å². The van der Waals surface area contributed by atoms with Crippen LogP contribution in [0.3, 0.4) is 0 Å². The monoisotopic (exact) mass is 487 g/mol. The van der Waals surface area contributed by atoms with Gasteiger partial charge in [0, 0.05) is 13.1 Å². The molecule has 4 rings (SSSR count). The summed E-state index contributed by atoms with van der Waals surface area (Å²) in [5.74, 6) is -1.03. The fraction of sp³-hybridized carbons (Fsp3) is 0.577. The summed E-state index contributed by atoms with van der Waals surface area (Å²) in [6, 6.07) is 1.63. The number of halogens is 1. The molecule has 2 aliphatic rings. The standard InChI is InChI=1S/C26H34FN3O5/c1-7-34-23(32)18-12-17(16-8-9-16)20-15(2)21(19(27)13-30(20)22(18)31)29-11-10-26(6,14-29)28-24(33)35-25(3,4)5/h12-13,16H,7-11,14H2,1-6H3,(H,28,33). The SMILES string of the molecule is CCOC(=O)c1cc(C2CC2)c2c(C)c(N3CCC(C)(NC(=O)OC(C)(C)C)C3)c(F)cn2c1=O. The average molecular weight is 488 g/mol. The van der Waals surface area contributed by atoms with E-state index in [-0.39, 0.29) is 18.1 Å². The second-order valence-electron chi connectivity index (χ2n) is 10.8. The molecule has 1 aliphatic carbocycles. The molecular formula is C26H34FN3O5. The number of esters is 1. The van der Waals surface area contributed by atoms with Crippen LogP contribution >= 0.6 is 0 Å². The predicted molar refractivity (Wildman–Crippen MR) is 131 cm³/mol. The molecule has 1 amide bonds. The summed E-state index contributed by atoms with van der Waals surface area (Å²) in [6.45, 7) is 11.9. The number of ether oxygens (including phenoxy) is 2. The number of nitrogens with one attached hydrogen (secondary N) is 1. The Morgan fingerprint density at radius 2 is 1.97 bits per heavy atom. The van der Waals surface area contributed by atoms with E-state index in [0.717, 1.165) is 18.4 Å². The van der Waals surface area contributed by atoms with Gasteiger partial charge in [-0.1, -0.05) is 0 Å². The number of nitrogens with zero attached hydrogens (tertiary/aromatic N) is 2. The Kier molecular flexibility index (Phi) is 6.32. The number of aryl methyl sites for hydroxylation is 1. The van der Waals surface area contributed by atoms with Crippen molar-refractivity contribution < 1.29 is 23.5 Å². The number of carbonyl (C=O) groups is 2. The fourth-order valence-electron chi connectivity index (χ4n) is 4.89. The van der Waals surface area contributed by atoms with Gasteiger partial charge in [-0.3, -0.25) is 9.20 Å². The number of aromatic nitrogens is 1. The summed E-state index contributed by atoms with van der Waals surface area (Å²) in [6.07, 6.45) is 3.17. The predicted octanol–water partition coefficient (Wildman–Crippen LogP) is 4.29. The van der Waals surface area contributed by atoms with Gasteiger partial charge in [0.15, 0.2) is 5.82 Å². The van der Waals surface area contributed by atoms with E-state index in [4.69, 9.17) is 9.47 Å². The van der Waals surface area contributed by atoms with Crippen LogP contribution in [-0.2, 0) is 9.47 Å². The van der Waals surface area contributed by atoms with Crippen molar-refractivity contribution in [3.05, 3.63) is 45.1 Å². The van der Waals surface area contributed by atoms with Crippen LogP contribution in [0.25, 0.3) is 5.52 Å². The Morgan fingerprint density at radius 3 is 2.57 bits per heavy atom. The molecule has 2 fully saturated rings. The lowest BCUT2D eigenvalue weighted by Crippen LogP contribution is -2.49. The number of hydrogen-bond acceptors (Lipinski definition) is 6. The van der Waals surface area contributed by atoms with Gasteiger partial charge in [0.25, 0.3) is 5.56 Å². The van der Waals surface area contributed by atoms with E-state index >= 15 is 4.39 Å². The first-order chi connectivity index (χ1) is 16.3. The Labute approximate surface area is 204 Å². The summed E-state index contributed by atoms with van der Waals surface area (Å²) >= 11 is 0. The zero-order valence-corrected chi connectivity index (χ0v) is 21.3.